The lowest BCUT2D eigenvalue weighted by Crippen LogP contribution is -2.29. The van der Waals surface area contributed by atoms with Crippen molar-refractivity contribution in [3.63, 3.8) is 0 Å². The Kier molecular flexibility index (Phi) is 9.95. The monoisotopic (exact) mass is 616 g/mol. The van der Waals surface area contributed by atoms with Gasteiger partial charge < -0.3 is 29.4 Å². The summed E-state index contributed by atoms with van der Waals surface area (Å²) < 4.78 is 8.80. The molecule has 0 fully saturated rings. The molecule has 4 N–H and O–H groups in total. The molecule has 9 heteroatoms. The van der Waals surface area contributed by atoms with Gasteiger partial charge in [-0.1, -0.05) is 119 Å². The lowest BCUT2D eigenvalue weighted by Gasteiger charge is -2.17. The molecule has 5 aromatic carbocycles. The van der Waals surface area contributed by atoms with Crippen molar-refractivity contribution in [2.75, 3.05) is 6.61 Å². The summed E-state index contributed by atoms with van der Waals surface area (Å²) in [4.78, 5) is 5.40. The van der Waals surface area contributed by atoms with Crippen LogP contribution in [0.25, 0.3) is 54.7 Å². The zero-order valence-electron chi connectivity index (χ0n) is 26.7. The van der Waals surface area contributed by atoms with Gasteiger partial charge in [0, 0.05) is 17.3 Å². The number of aromatic nitrogens is 2. The number of unbranched alkanes of at least 4 members (excludes halogenated alkanes) is 6. The SMILES string of the molecule is CCCCCCOc1ccc2ccccc2c1-c1nc2c3cc(B(O)O)ccc3c3ccc(B(O)O)cc3c2n1CCCCCC. The van der Waals surface area contributed by atoms with Crippen molar-refractivity contribution < 1.29 is 24.8 Å². The summed E-state index contributed by atoms with van der Waals surface area (Å²) in [6, 6.07) is 23.4. The summed E-state index contributed by atoms with van der Waals surface area (Å²) in [6.45, 7) is 5.73. The molecule has 6 aromatic rings. The van der Waals surface area contributed by atoms with Crippen molar-refractivity contribution >= 4 is 68.5 Å². The molecule has 0 aliphatic rings. The summed E-state index contributed by atoms with van der Waals surface area (Å²) >= 11 is 0. The van der Waals surface area contributed by atoms with Gasteiger partial charge in [0.15, 0.2) is 0 Å². The zero-order chi connectivity index (χ0) is 32.2. The Morgan fingerprint density at radius 2 is 1.30 bits per heavy atom. The fraction of sp³-hybridized carbons (Fsp3) is 0.324. The Morgan fingerprint density at radius 3 is 2.00 bits per heavy atom. The van der Waals surface area contributed by atoms with Crippen LogP contribution in [0.4, 0.5) is 0 Å². The van der Waals surface area contributed by atoms with Crippen LogP contribution in [-0.4, -0.2) is 50.5 Å². The lowest BCUT2D eigenvalue weighted by atomic mass is 9.77. The molecule has 6 rings (SSSR count). The van der Waals surface area contributed by atoms with Crippen molar-refractivity contribution in [3.8, 4) is 17.1 Å². The van der Waals surface area contributed by atoms with E-state index in [4.69, 9.17) is 9.72 Å². The quantitative estimate of drug-likeness (QED) is 0.0674. The molecule has 0 spiro atoms. The molecule has 0 amide bonds. The second-order valence-electron chi connectivity index (χ2n) is 12.3. The van der Waals surface area contributed by atoms with Gasteiger partial charge in [0.2, 0.25) is 0 Å². The summed E-state index contributed by atoms with van der Waals surface area (Å²) in [5, 5.41) is 46.2. The Morgan fingerprint density at radius 1 is 0.652 bits per heavy atom. The number of hydrogen-bond acceptors (Lipinski definition) is 6. The van der Waals surface area contributed by atoms with E-state index in [0.717, 1.165) is 105 Å². The van der Waals surface area contributed by atoms with Gasteiger partial charge in [-0.2, -0.15) is 0 Å². The first-order chi connectivity index (χ1) is 22.4. The maximum absolute atomic E-state index is 10.2. The number of nitrogens with zero attached hydrogens (tertiary/aromatic N) is 2. The number of hydrogen-bond donors (Lipinski definition) is 4. The lowest BCUT2D eigenvalue weighted by molar-refractivity contribution is 0.306. The van der Waals surface area contributed by atoms with Crippen molar-refractivity contribution in [2.24, 2.45) is 0 Å². The van der Waals surface area contributed by atoms with Crippen LogP contribution in [0.15, 0.2) is 72.8 Å². The molecule has 236 valence electrons. The molecule has 0 atom stereocenters. The van der Waals surface area contributed by atoms with Crippen molar-refractivity contribution in [2.45, 2.75) is 71.8 Å². The highest BCUT2D eigenvalue weighted by atomic mass is 16.5. The van der Waals surface area contributed by atoms with Gasteiger partial charge in [0.1, 0.15) is 11.6 Å². The average Bonchev–Trinajstić information content (AvgIpc) is 3.45. The predicted octanol–water partition coefficient (Wildman–Crippen LogP) is 6.06. The molecule has 0 saturated heterocycles. The average molecular weight is 616 g/mol. The van der Waals surface area contributed by atoms with Crippen LogP contribution >= 0.6 is 0 Å². The van der Waals surface area contributed by atoms with Gasteiger partial charge in [-0.05, 0) is 51.4 Å². The number of rotatable bonds is 14. The van der Waals surface area contributed by atoms with Gasteiger partial charge >= 0.3 is 14.2 Å². The second kappa shape index (κ2) is 14.3. The van der Waals surface area contributed by atoms with Crippen molar-refractivity contribution in [3.05, 3.63) is 72.8 Å². The van der Waals surface area contributed by atoms with E-state index in [1.54, 1.807) is 12.1 Å². The first kappa shape index (κ1) is 32.1. The molecule has 0 aliphatic heterocycles. The number of fused-ring (bicyclic) bond motifs is 7. The minimum Gasteiger partial charge on any atom is -0.493 e. The fourth-order valence-electron chi connectivity index (χ4n) is 6.64. The van der Waals surface area contributed by atoms with Gasteiger partial charge in [-0.25, -0.2) is 4.98 Å². The fourth-order valence-corrected chi connectivity index (χ4v) is 6.64. The van der Waals surface area contributed by atoms with E-state index in [1.165, 1.54) is 6.42 Å². The van der Waals surface area contributed by atoms with Gasteiger partial charge in [-0.15, -0.1) is 0 Å². The summed E-state index contributed by atoms with van der Waals surface area (Å²) in [6.07, 6.45) is 8.69. The number of imidazole rings is 1. The van der Waals surface area contributed by atoms with Crippen LogP contribution in [-0.2, 0) is 6.54 Å². The third-order valence-corrected chi connectivity index (χ3v) is 9.06. The molecular formula is C37H42B2N2O5. The third-order valence-electron chi connectivity index (χ3n) is 9.06. The smallest absolute Gasteiger partial charge is 0.488 e. The van der Waals surface area contributed by atoms with E-state index in [1.807, 2.05) is 36.4 Å². The zero-order valence-corrected chi connectivity index (χ0v) is 26.7. The third kappa shape index (κ3) is 6.25. The molecule has 7 nitrogen and oxygen atoms in total. The molecular weight excluding hydrogens is 574 g/mol. The first-order valence-corrected chi connectivity index (χ1v) is 16.7. The van der Waals surface area contributed by atoms with Crippen LogP contribution in [0.1, 0.15) is 65.2 Å². The Labute approximate surface area is 270 Å². The maximum Gasteiger partial charge on any atom is 0.488 e. The molecule has 1 aromatic heterocycles. The summed E-state index contributed by atoms with van der Waals surface area (Å²) in [5.74, 6) is 1.57. The molecule has 46 heavy (non-hydrogen) atoms. The molecule has 1 heterocycles. The van der Waals surface area contributed by atoms with E-state index < -0.39 is 14.2 Å². The van der Waals surface area contributed by atoms with E-state index in [2.05, 4.69) is 42.7 Å². The highest BCUT2D eigenvalue weighted by Crippen LogP contribution is 2.42. The molecule has 0 bridgehead atoms. The second-order valence-corrected chi connectivity index (χ2v) is 12.3. The summed E-state index contributed by atoms with van der Waals surface area (Å²) in [7, 11) is -3.24. The van der Waals surface area contributed by atoms with Crippen LogP contribution in [0.3, 0.4) is 0 Å². The maximum atomic E-state index is 10.2. The van der Waals surface area contributed by atoms with Crippen molar-refractivity contribution in [1.29, 1.82) is 0 Å². The van der Waals surface area contributed by atoms with Crippen LogP contribution in [0.5, 0.6) is 5.75 Å². The van der Waals surface area contributed by atoms with Gasteiger partial charge in [-0.3, -0.25) is 0 Å². The summed E-state index contributed by atoms with van der Waals surface area (Å²) in [5.41, 5.74) is 3.32. The number of ether oxygens (including phenoxy) is 1. The topological polar surface area (TPSA) is 108 Å². The van der Waals surface area contributed by atoms with E-state index in [9.17, 15) is 20.1 Å². The van der Waals surface area contributed by atoms with Gasteiger partial charge in [0.25, 0.3) is 0 Å². The predicted molar refractivity (Wildman–Crippen MR) is 191 cm³/mol. The van der Waals surface area contributed by atoms with Crippen LogP contribution < -0.4 is 15.7 Å². The first-order valence-electron chi connectivity index (χ1n) is 16.7. The largest absolute Gasteiger partial charge is 0.493 e. The highest BCUT2D eigenvalue weighted by Gasteiger charge is 2.25. The molecule has 0 unspecified atom stereocenters. The number of aryl methyl sites for hydroxylation is 1. The van der Waals surface area contributed by atoms with E-state index in [-0.39, 0.29) is 0 Å². The van der Waals surface area contributed by atoms with Crippen LogP contribution in [0.2, 0.25) is 0 Å². The normalized spacial score (nSPS) is 11.7. The number of benzene rings is 5. The minimum atomic E-state index is -1.62. The van der Waals surface area contributed by atoms with E-state index >= 15 is 0 Å². The molecule has 0 radical (unpaired) electrons. The minimum absolute atomic E-state index is 0.385. The van der Waals surface area contributed by atoms with Crippen molar-refractivity contribution in [1.82, 2.24) is 9.55 Å². The standard InChI is InChI=1S/C37H42B2N2O5/c1-3-5-7-11-21-41-36-32-24-27(39(44)45)17-19-30(32)29-18-16-26(38(42)43)23-31(29)35(36)40-37(41)34-28-14-10-9-13-25(28)15-20-33(34)46-22-12-8-6-4-2/h9-10,13-20,23-24,42-45H,3-8,11-12,21-22H2,1-2H3. The molecule has 0 saturated carbocycles. The Bertz CT molecular complexity index is 1990. The van der Waals surface area contributed by atoms with Crippen LogP contribution in [0, 0.1) is 0 Å². The Hall–Kier alpha value is -3.88. The highest BCUT2D eigenvalue weighted by molar-refractivity contribution is 6.59. The Balaban J connectivity index is 1.69. The van der Waals surface area contributed by atoms with E-state index in [0.29, 0.717) is 24.1 Å². The van der Waals surface area contributed by atoms with Gasteiger partial charge in [0.05, 0.1) is 23.2 Å². The molecule has 0 aliphatic carbocycles.